The molecule has 0 aliphatic carbocycles. The molecule has 2 rings (SSSR count). The highest BCUT2D eigenvalue weighted by molar-refractivity contribution is 9.10. The van der Waals surface area contributed by atoms with Gasteiger partial charge in [0.05, 0.1) is 10.6 Å². The highest BCUT2D eigenvalue weighted by atomic mass is 79.9. The van der Waals surface area contributed by atoms with Crippen LogP contribution >= 0.6 is 27.5 Å². The lowest BCUT2D eigenvalue weighted by molar-refractivity contribution is 0.103. The Morgan fingerprint density at radius 1 is 1.28 bits per heavy atom. The minimum absolute atomic E-state index is 0.0791. The quantitative estimate of drug-likeness (QED) is 0.725. The molecule has 0 saturated carbocycles. The molecule has 0 fully saturated rings. The molecular weight excluding hydrogens is 319 g/mol. The van der Waals surface area contributed by atoms with Gasteiger partial charge in [-0.05, 0) is 42.8 Å². The van der Waals surface area contributed by atoms with Gasteiger partial charge in [0, 0.05) is 10.0 Å². The summed E-state index contributed by atoms with van der Waals surface area (Å²) < 4.78 is 14.6. The van der Waals surface area contributed by atoms with Crippen molar-refractivity contribution in [2.75, 3.05) is 0 Å². The van der Waals surface area contributed by atoms with E-state index in [1.165, 1.54) is 18.2 Å². The topological polar surface area (TPSA) is 17.1 Å². The Morgan fingerprint density at radius 2 is 2.00 bits per heavy atom. The Bertz CT molecular complexity index is 605. The zero-order chi connectivity index (χ0) is 13.3. The van der Waals surface area contributed by atoms with Crippen LogP contribution in [0.1, 0.15) is 21.5 Å². The van der Waals surface area contributed by atoms with Gasteiger partial charge in [0.25, 0.3) is 0 Å². The number of carbonyl (C=O) groups excluding carboxylic acids is 1. The second kappa shape index (κ2) is 5.21. The van der Waals surface area contributed by atoms with E-state index < -0.39 is 11.6 Å². The standard InChI is InChI=1S/C14H9BrClFO/c1-8-7-9(15)5-6-10(8)14(18)13-11(16)3-2-4-12(13)17/h2-7H,1H3. The first-order chi connectivity index (χ1) is 8.50. The number of halogens is 3. The van der Waals surface area contributed by atoms with E-state index in [1.54, 1.807) is 19.1 Å². The van der Waals surface area contributed by atoms with E-state index >= 15 is 0 Å². The number of carbonyl (C=O) groups is 1. The van der Waals surface area contributed by atoms with Crippen LogP contribution in [0.2, 0.25) is 5.02 Å². The van der Waals surface area contributed by atoms with Crippen LogP contribution in [-0.4, -0.2) is 5.78 Å². The molecule has 0 bridgehead atoms. The number of hydrogen-bond acceptors (Lipinski definition) is 1. The number of aryl methyl sites for hydroxylation is 1. The molecule has 0 aliphatic heterocycles. The Kier molecular flexibility index (Phi) is 3.83. The maximum atomic E-state index is 13.7. The number of hydrogen-bond donors (Lipinski definition) is 0. The third-order valence-electron chi connectivity index (χ3n) is 2.62. The summed E-state index contributed by atoms with van der Waals surface area (Å²) in [5.74, 6) is -1.00. The highest BCUT2D eigenvalue weighted by Gasteiger charge is 2.19. The summed E-state index contributed by atoms with van der Waals surface area (Å²) in [5, 5.41) is 0.127. The molecule has 92 valence electrons. The SMILES string of the molecule is Cc1cc(Br)ccc1C(=O)c1c(F)cccc1Cl. The van der Waals surface area contributed by atoms with Gasteiger partial charge in [-0.3, -0.25) is 4.79 Å². The second-order valence-corrected chi connectivity index (χ2v) is 5.21. The van der Waals surface area contributed by atoms with Gasteiger partial charge in [0.2, 0.25) is 0 Å². The average molecular weight is 328 g/mol. The monoisotopic (exact) mass is 326 g/mol. The summed E-state index contributed by atoms with van der Waals surface area (Å²) in [6.07, 6.45) is 0. The van der Waals surface area contributed by atoms with Crippen LogP contribution in [0, 0.1) is 12.7 Å². The van der Waals surface area contributed by atoms with Crippen molar-refractivity contribution in [1.82, 2.24) is 0 Å². The summed E-state index contributed by atoms with van der Waals surface area (Å²) in [5.41, 5.74) is 1.14. The molecule has 0 aliphatic rings. The fourth-order valence-electron chi connectivity index (χ4n) is 1.73. The average Bonchev–Trinajstić information content (AvgIpc) is 2.28. The van der Waals surface area contributed by atoms with Gasteiger partial charge in [-0.25, -0.2) is 4.39 Å². The normalized spacial score (nSPS) is 10.4. The van der Waals surface area contributed by atoms with Crippen molar-refractivity contribution in [2.45, 2.75) is 6.92 Å². The van der Waals surface area contributed by atoms with Crippen molar-refractivity contribution in [3.8, 4) is 0 Å². The molecule has 0 N–H and O–H groups in total. The van der Waals surface area contributed by atoms with Crippen molar-refractivity contribution < 1.29 is 9.18 Å². The first kappa shape index (κ1) is 13.2. The van der Waals surface area contributed by atoms with Crippen LogP contribution in [-0.2, 0) is 0 Å². The predicted octanol–water partition coefficient (Wildman–Crippen LogP) is 4.78. The lowest BCUT2D eigenvalue weighted by atomic mass is 9.99. The van der Waals surface area contributed by atoms with Gasteiger partial charge in [0.1, 0.15) is 5.82 Å². The molecule has 0 spiro atoms. The fourth-order valence-corrected chi connectivity index (χ4v) is 2.46. The molecule has 2 aromatic carbocycles. The third-order valence-corrected chi connectivity index (χ3v) is 3.43. The molecule has 0 aromatic heterocycles. The Balaban J connectivity index is 2.55. The zero-order valence-electron chi connectivity index (χ0n) is 9.51. The number of rotatable bonds is 2. The molecule has 0 radical (unpaired) electrons. The van der Waals surface area contributed by atoms with Crippen molar-refractivity contribution in [2.24, 2.45) is 0 Å². The van der Waals surface area contributed by atoms with Crippen LogP contribution in [0.4, 0.5) is 4.39 Å². The molecule has 0 amide bonds. The Hall–Kier alpha value is -1.19. The molecular formula is C14H9BrClFO. The van der Waals surface area contributed by atoms with Crippen molar-refractivity contribution in [3.63, 3.8) is 0 Å². The van der Waals surface area contributed by atoms with Crippen LogP contribution in [0.15, 0.2) is 40.9 Å². The maximum absolute atomic E-state index is 13.7. The molecule has 0 heterocycles. The van der Waals surface area contributed by atoms with Crippen LogP contribution < -0.4 is 0 Å². The Morgan fingerprint density at radius 3 is 2.61 bits per heavy atom. The highest BCUT2D eigenvalue weighted by Crippen LogP contribution is 2.25. The van der Waals surface area contributed by atoms with Crippen LogP contribution in [0.5, 0.6) is 0 Å². The van der Waals surface area contributed by atoms with Gasteiger partial charge >= 0.3 is 0 Å². The molecule has 1 nitrogen and oxygen atoms in total. The predicted molar refractivity (Wildman–Crippen MR) is 73.7 cm³/mol. The maximum Gasteiger partial charge on any atom is 0.197 e. The van der Waals surface area contributed by atoms with E-state index in [1.807, 2.05) is 6.07 Å². The largest absolute Gasteiger partial charge is 0.288 e. The summed E-state index contributed by atoms with van der Waals surface area (Å²) in [6, 6.07) is 9.42. The fraction of sp³-hybridized carbons (Fsp3) is 0.0714. The minimum atomic E-state index is -0.602. The summed E-state index contributed by atoms with van der Waals surface area (Å²) in [6.45, 7) is 1.80. The van der Waals surface area contributed by atoms with E-state index in [2.05, 4.69) is 15.9 Å². The lowest BCUT2D eigenvalue weighted by Crippen LogP contribution is -2.07. The van der Waals surface area contributed by atoms with Crippen molar-refractivity contribution >= 4 is 33.3 Å². The summed E-state index contributed by atoms with van der Waals surface area (Å²) in [7, 11) is 0. The molecule has 0 atom stereocenters. The van der Waals surface area contributed by atoms with Crippen LogP contribution in [0.25, 0.3) is 0 Å². The smallest absolute Gasteiger partial charge is 0.197 e. The van der Waals surface area contributed by atoms with Gasteiger partial charge < -0.3 is 0 Å². The first-order valence-corrected chi connectivity index (χ1v) is 6.42. The van der Waals surface area contributed by atoms with Gasteiger partial charge in [0.15, 0.2) is 5.78 Å². The summed E-state index contributed by atoms with van der Waals surface area (Å²) in [4.78, 5) is 12.3. The van der Waals surface area contributed by atoms with Crippen molar-refractivity contribution in [3.05, 3.63) is 68.4 Å². The Labute approximate surface area is 118 Å². The summed E-state index contributed by atoms with van der Waals surface area (Å²) >= 11 is 9.21. The van der Waals surface area contributed by atoms with E-state index in [0.717, 1.165) is 10.0 Å². The third kappa shape index (κ3) is 2.47. The van der Waals surface area contributed by atoms with E-state index in [-0.39, 0.29) is 10.6 Å². The van der Waals surface area contributed by atoms with Crippen LogP contribution in [0.3, 0.4) is 0 Å². The first-order valence-electron chi connectivity index (χ1n) is 5.25. The van der Waals surface area contributed by atoms with E-state index in [0.29, 0.717) is 5.56 Å². The second-order valence-electron chi connectivity index (χ2n) is 3.89. The van der Waals surface area contributed by atoms with Gasteiger partial charge in [-0.2, -0.15) is 0 Å². The lowest BCUT2D eigenvalue weighted by Gasteiger charge is -2.08. The molecule has 18 heavy (non-hydrogen) atoms. The van der Waals surface area contributed by atoms with Crippen molar-refractivity contribution in [1.29, 1.82) is 0 Å². The molecule has 2 aromatic rings. The molecule has 4 heteroatoms. The molecule has 0 saturated heterocycles. The van der Waals surface area contributed by atoms with Gasteiger partial charge in [-0.1, -0.05) is 33.6 Å². The minimum Gasteiger partial charge on any atom is -0.288 e. The zero-order valence-corrected chi connectivity index (χ0v) is 11.8. The van der Waals surface area contributed by atoms with E-state index in [9.17, 15) is 9.18 Å². The number of benzene rings is 2. The molecule has 0 unspecified atom stereocenters. The van der Waals surface area contributed by atoms with Gasteiger partial charge in [-0.15, -0.1) is 0 Å². The number of ketones is 1. The van der Waals surface area contributed by atoms with E-state index in [4.69, 9.17) is 11.6 Å².